The molecule has 2 unspecified atom stereocenters. The second-order valence-electron chi connectivity index (χ2n) is 3.97. The van der Waals surface area contributed by atoms with Gasteiger partial charge in [0.25, 0.3) is 0 Å². The Labute approximate surface area is 73.0 Å². The van der Waals surface area contributed by atoms with E-state index in [2.05, 4.69) is 4.90 Å². The van der Waals surface area contributed by atoms with Crippen LogP contribution >= 0.6 is 0 Å². The first-order valence-electron chi connectivity index (χ1n) is 4.86. The van der Waals surface area contributed by atoms with Gasteiger partial charge in [0.05, 0.1) is 12.7 Å². The molecule has 2 aliphatic rings. The zero-order valence-corrected chi connectivity index (χ0v) is 7.32. The third-order valence-electron chi connectivity index (χ3n) is 3.22. The van der Waals surface area contributed by atoms with Gasteiger partial charge in [0.15, 0.2) is 0 Å². The predicted octanol–water partition coefficient (Wildman–Crippen LogP) is -0.0336. The number of piperidine rings is 1. The highest BCUT2D eigenvalue weighted by atomic mass is 16.3. The van der Waals surface area contributed by atoms with E-state index in [9.17, 15) is 5.11 Å². The number of fused-ring (bicyclic) bond motifs is 2. The van der Waals surface area contributed by atoms with Gasteiger partial charge in [0.1, 0.15) is 0 Å². The third-order valence-corrected chi connectivity index (χ3v) is 3.22. The Morgan fingerprint density at radius 3 is 2.25 bits per heavy atom. The Balaban J connectivity index is 1.99. The lowest BCUT2D eigenvalue weighted by molar-refractivity contribution is 0.0268. The summed E-state index contributed by atoms with van der Waals surface area (Å²) in [5.74, 6) is 0. The number of rotatable bonds is 2. The Hall–Kier alpha value is -0.120. The van der Waals surface area contributed by atoms with Gasteiger partial charge in [-0.2, -0.15) is 0 Å². The molecule has 0 aromatic heterocycles. The third kappa shape index (κ3) is 1.37. The van der Waals surface area contributed by atoms with Gasteiger partial charge in [0, 0.05) is 18.6 Å². The first-order valence-corrected chi connectivity index (χ1v) is 4.86. The molecule has 3 nitrogen and oxygen atoms in total. The van der Waals surface area contributed by atoms with Crippen molar-refractivity contribution in [3.63, 3.8) is 0 Å². The van der Waals surface area contributed by atoms with Gasteiger partial charge in [0.2, 0.25) is 0 Å². The summed E-state index contributed by atoms with van der Waals surface area (Å²) in [6.07, 6.45) is 4.16. The minimum absolute atomic E-state index is 0.0857. The molecule has 0 aromatic rings. The summed E-state index contributed by atoms with van der Waals surface area (Å²) in [6.45, 7) is 1.05. The molecular weight excluding hydrogens is 154 g/mol. The summed E-state index contributed by atoms with van der Waals surface area (Å²) in [4.78, 5) is 2.37. The van der Waals surface area contributed by atoms with E-state index in [1.165, 1.54) is 12.8 Å². The zero-order valence-electron chi connectivity index (χ0n) is 7.32. The van der Waals surface area contributed by atoms with Crippen LogP contribution < -0.4 is 0 Å². The molecule has 0 spiro atoms. The lowest BCUT2D eigenvalue weighted by Crippen LogP contribution is -2.45. The lowest BCUT2D eigenvalue weighted by atomic mass is 10.0. The van der Waals surface area contributed by atoms with E-state index in [0.29, 0.717) is 12.1 Å². The minimum Gasteiger partial charge on any atom is -0.395 e. The number of hydrogen-bond acceptors (Lipinski definition) is 3. The number of hydrogen-bond donors (Lipinski definition) is 2. The molecule has 2 N–H and O–H groups in total. The highest BCUT2D eigenvalue weighted by molar-refractivity contribution is 4.94. The van der Waals surface area contributed by atoms with Gasteiger partial charge in [-0.3, -0.25) is 4.90 Å². The van der Waals surface area contributed by atoms with E-state index in [-0.39, 0.29) is 12.7 Å². The monoisotopic (exact) mass is 171 g/mol. The van der Waals surface area contributed by atoms with Crippen molar-refractivity contribution < 1.29 is 10.2 Å². The molecule has 12 heavy (non-hydrogen) atoms. The maximum Gasteiger partial charge on any atom is 0.0570 e. The summed E-state index contributed by atoms with van der Waals surface area (Å²) in [7, 11) is 0. The van der Waals surface area contributed by atoms with Gasteiger partial charge < -0.3 is 10.2 Å². The van der Waals surface area contributed by atoms with Crippen LogP contribution in [0.5, 0.6) is 0 Å². The molecule has 0 aromatic carbocycles. The van der Waals surface area contributed by atoms with Crippen LogP contribution in [0.15, 0.2) is 0 Å². The smallest absolute Gasteiger partial charge is 0.0570 e. The molecule has 2 bridgehead atoms. The van der Waals surface area contributed by atoms with Gasteiger partial charge >= 0.3 is 0 Å². The van der Waals surface area contributed by atoms with E-state index in [0.717, 1.165) is 19.4 Å². The molecule has 2 fully saturated rings. The molecular formula is C9H17NO2. The van der Waals surface area contributed by atoms with Crippen LogP contribution in [0.4, 0.5) is 0 Å². The quantitative estimate of drug-likeness (QED) is 0.613. The van der Waals surface area contributed by atoms with Crippen molar-refractivity contribution in [3.05, 3.63) is 0 Å². The fourth-order valence-electron chi connectivity index (χ4n) is 2.73. The molecule has 0 radical (unpaired) electrons. The molecule has 2 rings (SSSR count). The standard InChI is InChI=1S/C9H17NO2/c11-4-3-10-7-1-2-8(10)6-9(12)5-7/h7-9,11-12H,1-6H2. The van der Waals surface area contributed by atoms with E-state index in [1.807, 2.05) is 0 Å². The van der Waals surface area contributed by atoms with Crippen LogP contribution in [0.1, 0.15) is 25.7 Å². The highest BCUT2D eigenvalue weighted by Crippen LogP contribution is 2.35. The molecule has 70 valence electrons. The lowest BCUT2D eigenvalue weighted by Gasteiger charge is -2.36. The zero-order chi connectivity index (χ0) is 8.55. The summed E-state index contributed by atoms with van der Waals surface area (Å²) >= 11 is 0. The number of aliphatic hydroxyl groups excluding tert-OH is 2. The minimum atomic E-state index is -0.0857. The van der Waals surface area contributed by atoms with E-state index in [1.54, 1.807) is 0 Å². The van der Waals surface area contributed by atoms with Crippen molar-refractivity contribution in [2.75, 3.05) is 13.2 Å². The van der Waals surface area contributed by atoms with Crippen molar-refractivity contribution in [2.24, 2.45) is 0 Å². The fourth-order valence-corrected chi connectivity index (χ4v) is 2.73. The first-order chi connectivity index (χ1) is 5.81. The second-order valence-corrected chi connectivity index (χ2v) is 3.97. The van der Waals surface area contributed by atoms with Crippen LogP contribution in [0.3, 0.4) is 0 Å². The molecule has 2 saturated heterocycles. The second kappa shape index (κ2) is 3.32. The summed E-state index contributed by atoms with van der Waals surface area (Å²) < 4.78 is 0. The largest absolute Gasteiger partial charge is 0.395 e. The Bertz CT molecular complexity index is 149. The van der Waals surface area contributed by atoms with Crippen molar-refractivity contribution in [1.29, 1.82) is 0 Å². The maximum atomic E-state index is 9.49. The summed E-state index contributed by atoms with van der Waals surface area (Å²) in [6, 6.07) is 1.09. The Kier molecular flexibility index (Phi) is 2.35. The van der Waals surface area contributed by atoms with E-state index in [4.69, 9.17) is 5.11 Å². The molecule has 2 atom stereocenters. The number of nitrogens with zero attached hydrogens (tertiary/aromatic N) is 1. The predicted molar refractivity (Wildman–Crippen MR) is 45.8 cm³/mol. The van der Waals surface area contributed by atoms with Gasteiger partial charge in [-0.25, -0.2) is 0 Å². The van der Waals surface area contributed by atoms with Crippen molar-refractivity contribution in [2.45, 2.75) is 43.9 Å². The van der Waals surface area contributed by atoms with Gasteiger partial charge in [-0.05, 0) is 25.7 Å². The maximum absolute atomic E-state index is 9.49. The van der Waals surface area contributed by atoms with E-state index < -0.39 is 0 Å². The van der Waals surface area contributed by atoms with Gasteiger partial charge in [-0.15, -0.1) is 0 Å². The summed E-state index contributed by atoms with van der Waals surface area (Å²) in [5, 5.41) is 18.3. The molecule has 2 aliphatic heterocycles. The fraction of sp³-hybridized carbons (Fsp3) is 1.00. The van der Waals surface area contributed by atoms with Crippen LogP contribution in [0.2, 0.25) is 0 Å². The molecule has 2 heterocycles. The molecule has 0 amide bonds. The SMILES string of the molecule is OCCN1C2CCC1CC(O)C2. The summed E-state index contributed by atoms with van der Waals surface area (Å²) in [5.41, 5.74) is 0. The molecule has 0 saturated carbocycles. The molecule has 3 heteroatoms. The first kappa shape index (κ1) is 8.48. The van der Waals surface area contributed by atoms with Crippen LogP contribution in [0, 0.1) is 0 Å². The van der Waals surface area contributed by atoms with Gasteiger partial charge in [-0.1, -0.05) is 0 Å². The number of aliphatic hydroxyl groups is 2. The van der Waals surface area contributed by atoms with Crippen molar-refractivity contribution in [3.8, 4) is 0 Å². The average Bonchev–Trinajstić information content (AvgIpc) is 2.32. The highest BCUT2D eigenvalue weighted by Gasteiger charge is 2.39. The van der Waals surface area contributed by atoms with Crippen molar-refractivity contribution in [1.82, 2.24) is 4.90 Å². The van der Waals surface area contributed by atoms with Crippen LogP contribution in [-0.4, -0.2) is 46.5 Å². The van der Waals surface area contributed by atoms with Crippen LogP contribution in [-0.2, 0) is 0 Å². The topological polar surface area (TPSA) is 43.7 Å². The average molecular weight is 171 g/mol. The molecule has 0 aliphatic carbocycles. The Morgan fingerprint density at radius 1 is 1.17 bits per heavy atom. The van der Waals surface area contributed by atoms with E-state index >= 15 is 0 Å². The van der Waals surface area contributed by atoms with Crippen molar-refractivity contribution >= 4 is 0 Å². The Morgan fingerprint density at radius 2 is 1.75 bits per heavy atom. The van der Waals surface area contributed by atoms with Crippen LogP contribution in [0.25, 0.3) is 0 Å². The normalized spacial score (nSPS) is 42.0.